The summed E-state index contributed by atoms with van der Waals surface area (Å²) in [4.78, 5) is 0. The van der Waals surface area contributed by atoms with Crippen molar-refractivity contribution in [1.82, 2.24) is 0 Å². The molecule has 1 aromatic rings. The summed E-state index contributed by atoms with van der Waals surface area (Å²) in [6.45, 7) is 1.46. The van der Waals surface area contributed by atoms with Crippen molar-refractivity contribution in [1.29, 1.82) is 0 Å². The summed E-state index contributed by atoms with van der Waals surface area (Å²) in [5.41, 5.74) is -0.769. The second-order valence-electron chi connectivity index (χ2n) is 2.04. The smallest absolute Gasteiger partial charge is 0.420 e. The molecule has 0 spiro atoms. The minimum atomic E-state index is -4.34. The van der Waals surface area contributed by atoms with E-state index in [4.69, 9.17) is 0 Å². The third-order valence-electron chi connectivity index (χ3n) is 1.12. The van der Waals surface area contributed by atoms with E-state index in [2.05, 4.69) is 20.3 Å². The summed E-state index contributed by atoms with van der Waals surface area (Å²) in [6.07, 6.45) is -4.34. The van der Waals surface area contributed by atoms with Gasteiger partial charge >= 0.3 is 6.18 Å². The molecular formula is C6H4BrF3O. The van der Waals surface area contributed by atoms with Gasteiger partial charge in [0.15, 0.2) is 4.67 Å². The molecule has 0 saturated heterocycles. The summed E-state index contributed by atoms with van der Waals surface area (Å²) in [7, 11) is 0. The molecule has 0 unspecified atom stereocenters. The molecule has 0 radical (unpaired) electrons. The zero-order valence-electron chi connectivity index (χ0n) is 5.50. The highest BCUT2D eigenvalue weighted by Gasteiger charge is 2.35. The van der Waals surface area contributed by atoms with E-state index < -0.39 is 11.7 Å². The van der Waals surface area contributed by atoms with Crippen LogP contribution in [0.2, 0.25) is 0 Å². The lowest BCUT2D eigenvalue weighted by Gasteiger charge is -2.01. The van der Waals surface area contributed by atoms with E-state index in [1.807, 2.05) is 0 Å². The topological polar surface area (TPSA) is 13.1 Å². The number of alkyl halides is 3. The lowest BCUT2D eigenvalue weighted by molar-refractivity contribution is -0.138. The largest absolute Gasteiger partial charge is 0.454 e. The minimum absolute atomic E-state index is 0.240. The van der Waals surface area contributed by atoms with E-state index in [9.17, 15) is 13.2 Å². The Labute approximate surface area is 69.3 Å². The lowest BCUT2D eigenvalue weighted by atomic mass is 10.3. The third-order valence-corrected chi connectivity index (χ3v) is 1.70. The van der Waals surface area contributed by atoms with E-state index in [-0.39, 0.29) is 10.4 Å². The standard InChI is InChI=1S/C6H4BrF3O/c1-3-2-4(5(7)11-3)6(8,9)10/h2H,1H3. The Bertz CT molecular complexity index is 263. The molecule has 0 aliphatic rings. The molecule has 5 heteroatoms. The van der Waals surface area contributed by atoms with Gasteiger partial charge in [-0.25, -0.2) is 0 Å². The fraction of sp³-hybridized carbons (Fsp3) is 0.333. The van der Waals surface area contributed by atoms with Crippen molar-refractivity contribution in [2.45, 2.75) is 13.1 Å². The van der Waals surface area contributed by atoms with E-state index in [0.717, 1.165) is 6.07 Å². The third kappa shape index (κ3) is 1.77. The van der Waals surface area contributed by atoms with Crippen LogP contribution in [-0.2, 0) is 6.18 Å². The number of hydrogen-bond donors (Lipinski definition) is 0. The van der Waals surface area contributed by atoms with Gasteiger partial charge in [0, 0.05) is 0 Å². The molecular weight excluding hydrogens is 225 g/mol. The quantitative estimate of drug-likeness (QED) is 0.664. The van der Waals surface area contributed by atoms with E-state index in [1.54, 1.807) is 0 Å². The SMILES string of the molecule is Cc1cc(C(F)(F)F)c(Br)o1. The first-order valence-corrected chi connectivity index (χ1v) is 3.53. The Morgan fingerprint density at radius 3 is 2.18 bits per heavy atom. The average molecular weight is 229 g/mol. The molecule has 1 aromatic heterocycles. The molecule has 0 fully saturated rings. The van der Waals surface area contributed by atoms with Gasteiger partial charge in [0.25, 0.3) is 0 Å². The van der Waals surface area contributed by atoms with Crippen LogP contribution in [-0.4, -0.2) is 0 Å². The summed E-state index contributed by atoms with van der Waals surface area (Å²) in [5, 5.41) is 0. The van der Waals surface area contributed by atoms with E-state index in [1.165, 1.54) is 6.92 Å². The molecule has 0 aliphatic carbocycles. The van der Waals surface area contributed by atoms with Crippen LogP contribution in [0.25, 0.3) is 0 Å². The van der Waals surface area contributed by atoms with Gasteiger partial charge in [0.05, 0.1) is 0 Å². The Morgan fingerprint density at radius 2 is 2.00 bits per heavy atom. The van der Waals surface area contributed by atoms with Crippen LogP contribution in [0.5, 0.6) is 0 Å². The number of hydrogen-bond acceptors (Lipinski definition) is 1. The van der Waals surface area contributed by atoms with Crippen LogP contribution >= 0.6 is 15.9 Å². The Morgan fingerprint density at radius 1 is 1.45 bits per heavy atom. The van der Waals surface area contributed by atoms with Gasteiger partial charge < -0.3 is 4.42 Å². The van der Waals surface area contributed by atoms with E-state index >= 15 is 0 Å². The predicted molar refractivity (Wildman–Crippen MR) is 36.1 cm³/mol. The van der Waals surface area contributed by atoms with Crippen LogP contribution in [0.4, 0.5) is 13.2 Å². The van der Waals surface area contributed by atoms with Crippen molar-refractivity contribution in [2.24, 2.45) is 0 Å². The average Bonchev–Trinajstić information content (AvgIpc) is 2.08. The van der Waals surface area contributed by atoms with Crippen molar-refractivity contribution in [3.8, 4) is 0 Å². The molecule has 11 heavy (non-hydrogen) atoms. The summed E-state index contributed by atoms with van der Waals surface area (Å²) < 4.78 is 40.3. The molecule has 0 N–H and O–H groups in total. The monoisotopic (exact) mass is 228 g/mol. The highest BCUT2D eigenvalue weighted by Crippen LogP contribution is 2.36. The number of furan rings is 1. The summed E-state index contributed by atoms with van der Waals surface area (Å²) in [6, 6.07) is 0.948. The van der Waals surface area contributed by atoms with E-state index in [0.29, 0.717) is 0 Å². The van der Waals surface area contributed by atoms with Crippen molar-refractivity contribution in [3.63, 3.8) is 0 Å². The molecule has 0 aliphatic heterocycles. The maximum atomic E-state index is 12.0. The molecule has 62 valence electrons. The van der Waals surface area contributed by atoms with Crippen LogP contribution in [0.3, 0.4) is 0 Å². The maximum Gasteiger partial charge on any atom is 0.420 e. The summed E-state index contributed by atoms with van der Waals surface area (Å²) >= 11 is 2.67. The normalized spacial score (nSPS) is 12.1. The van der Waals surface area contributed by atoms with Gasteiger partial charge in [-0.3, -0.25) is 0 Å². The highest BCUT2D eigenvalue weighted by atomic mass is 79.9. The molecule has 0 bridgehead atoms. The minimum Gasteiger partial charge on any atom is -0.454 e. The predicted octanol–water partition coefficient (Wildman–Crippen LogP) is 3.37. The van der Waals surface area contributed by atoms with Gasteiger partial charge in [-0.1, -0.05) is 0 Å². The van der Waals surface area contributed by atoms with Gasteiger partial charge in [-0.2, -0.15) is 13.2 Å². The van der Waals surface area contributed by atoms with Crippen LogP contribution < -0.4 is 0 Å². The fourth-order valence-corrected chi connectivity index (χ4v) is 1.27. The van der Waals surface area contributed by atoms with Crippen LogP contribution in [0, 0.1) is 6.92 Å². The zero-order chi connectivity index (χ0) is 8.65. The fourth-order valence-electron chi connectivity index (χ4n) is 0.679. The van der Waals surface area contributed by atoms with Crippen molar-refractivity contribution >= 4 is 15.9 Å². The first-order valence-electron chi connectivity index (χ1n) is 2.74. The number of aryl methyl sites for hydroxylation is 1. The molecule has 0 atom stereocenters. The molecule has 0 amide bonds. The molecule has 1 heterocycles. The second kappa shape index (κ2) is 2.55. The van der Waals surface area contributed by atoms with Crippen LogP contribution in [0.1, 0.15) is 11.3 Å². The Hall–Kier alpha value is -0.450. The van der Waals surface area contributed by atoms with Crippen molar-refractivity contribution in [2.75, 3.05) is 0 Å². The maximum absolute atomic E-state index is 12.0. The molecule has 1 rings (SSSR count). The van der Waals surface area contributed by atoms with Gasteiger partial charge in [-0.15, -0.1) is 0 Å². The zero-order valence-corrected chi connectivity index (χ0v) is 7.08. The van der Waals surface area contributed by atoms with Gasteiger partial charge in [0.2, 0.25) is 0 Å². The highest BCUT2D eigenvalue weighted by molar-refractivity contribution is 9.10. The second-order valence-corrected chi connectivity index (χ2v) is 2.76. The Balaban J connectivity index is 3.13. The van der Waals surface area contributed by atoms with Crippen LogP contribution in [0.15, 0.2) is 15.2 Å². The molecule has 0 saturated carbocycles. The van der Waals surface area contributed by atoms with Gasteiger partial charge in [0.1, 0.15) is 11.3 Å². The number of rotatable bonds is 0. The van der Waals surface area contributed by atoms with Crippen molar-refractivity contribution < 1.29 is 17.6 Å². The van der Waals surface area contributed by atoms with Crippen molar-refractivity contribution in [3.05, 3.63) is 22.1 Å². The first kappa shape index (κ1) is 8.64. The first-order chi connectivity index (χ1) is 4.91. The van der Waals surface area contributed by atoms with Gasteiger partial charge in [-0.05, 0) is 28.9 Å². The lowest BCUT2D eigenvalue weighted by Crippen LogP contribution is -2.03. The Kier molecular flexibility index (Phi) is 2.00. The molecule has 0 aromatic carbocycles. The summed E-state index contributed by atoms with van der Waals surface area (Å²) in [5.74, 6) is 0.240. The molecule has 1 nitrogen and oxygen atoms in total. The number of halogens is 4.